The lowest BCUT2D eigenvalue weighted by atomic mass is 9.49. The molecule has 0 saturated heterocycles. The van der Waals surface area contributed by atoms with Crippen molar-refractivity contribution in [3.8, 4) is 0 Å². The van der Waals surface area contributed by atoms with E-state index in [0.717, 1.165) is 38.5 Å². The summed E-state index contributed by atoms with van der Waals surface area (Å²) in [7, 11) is 1.71. The van der Waals surface area contributed by atoms with E-state index in [-0.39, 0.29) is 36.0 Å². The van der Waals surface area contributed by atoms with E-state index in [9.17, 15) is 23.1 Å². The summed E-state index contributed by atoms with van der Waals surface area (Å²) in [5.74, 6) is 2.07. The van der Waals surface area contributed by atoms with Crippen molar-refractivity contribution < 1.29 is 23.1 Å². The molecule has 0 aromatic rings. The van der Waals surface area contributed by atoms with Crippen LogP contribution in [0.4, 0.5) is 13.2 Å². The lowest BCUT2D eigenvalue weighted by Gasteiger charge is -2.57. The van der Waals surface area contributed by atoms with E-state index in [2.05, 4.69) is 12.2 Å². The van der Waals surface area contributed by atoms with Gasteiger partial charge in [0, 0.05) is 13.0 Å². The van der Waals surface area contributed by atoms with Crippen molar-refractivity contribution in [2.45, 2.75) is 76.5 Å². The summed E-state index contributed by atoms with van der Waals surface area (Å²) in [5.41, 5.74) is -2.45. The van der Waals surface area contributed by atoms with Gasteiger partial charge in [-0.05, 0) is 92.8 Å². The minimum Gasteiger partial charge on any atom is -0.380 e. The molecule has 8 atom stereocenters. The van der Waals surface area contributed by atoms with Crippen LogP contribution in [0.1, 0.15) is 64.7 Å². The first-order valence-electron chi connectivity index (χ1n) is 10.6. The van der Waals surface area contributed by atoms with Crippen LogP contribution in [0.15, 0.2) is 0 Å². The van der Waals surface area contributed by atoms with Crippen LogP contribution in [0.2, 0.25) is 0 Å². The second-order valence-corrected chi connectivity index (χ2v) is 10.00. The monoisotopic (exact) mass is 387 g/mol. The Balaban J connectivity index is 1.52. The summed E-state index contributed by atoms with van der Waals surface area (Å²) < 4.78 is 39.9. The Morgan fingerprint density at radius 3 is 2.37 bits per heavy atom. The second kappa shape index (κ2) is 6.36. The molecule has 2 N–H and O–H groups in total. The largest absolute Gasteiger partial charge is 0.417 e. The van der Waals surface area contributed by atoms with Crippen LogP contribution in [0, 0.1) is 40.9 Å². The smallest absolute Gasteiger partial charge is 0.380 e. The summed E-state index contributed by atoms with van der Waals surface area (Å²) >= 11 is 0. The number of nitrogens with one attached hydrogen (secondary N) is 1. The van der Waals surface area contributed by atoms with E-state index in [1.165, 1.54) is 0 Å². The zero-order valence-electron chi connectivity index (χ0n) is 16.3. The van der Waals surface area contributed by atoms with E-state index >= 15 is 0 Å². The molecule has 4 saturated carbocycles. The van der Waals surface area contributed by atoms with E-state index in [1.54, 1.807) is 7.05 Å². The number of halogens is 3. The minimum atomic E-state index is -4.52. The highest BCUT2D eigenvalue weighted by molar-refractivity contribution is 5.79. The van der Waals surface area contributed by atoms with Gasteiger partial charge in [0.05, 0.1) is 0 Å². The number of rotatable bonds is 1. The SMILES string of the molecule is CNC(=O)[C@H]1CC[C@H]2[C@@H]3CC[C@@H]4C[C@@](O)(C(F)(F)F)CC[C@@H]4[C@H]3CC[C@]12C. The van der Waals surface area contributed by atoms with Crippen LogP contribution in [0.25, 0.3) is 0 Å². The number of alkyl halides is 3. The van der Waals surface area contributed by atoms with Crippen LogP contribution in [0.3, 0.4) is 0 Å². The first kappa shape index (κ1) is 19.5. The Bertz CT molecular complexity index is 609. The van der Waals surface area contributed by atoms with Crippen molar-refractivity contribution >= 4 is 5.91 Å². The molecule has 0 heterocycles. The molecule has 4 aliphatic carbocycles. The zero-order valence-corrected chi connectivity index (χ0v) is 16.3. The number of carbonyl (C=O) groups excluding carboxylic acids is 1. The zero-order chi connectivity index (χ0) is 19.6. The lowest BCUT2D eigenvalue weighted by molar-refractivity contribution is -0.282. The van der Waals surface area contributed by atoms with Crippen molar-refractivity contribution in [3.05, 3.63) is 0 Å². The fourth-order valence-corrected chi connectivity index (χ4v) is 7.74. The van der Waals surface area contributed by atoms with Gasteiger partial charge in [0.1, 0.15) is 0 Å². The Morgan fingerprint density at radius 2 is 1.70 bits per heavy atom. The predicted molar refractivity (Wildman–Crippen MR) is 95.7 cm³/mol. The highest BCUT2D eigenvalue weighted by Crippen LogP contribution is 2.65. The van der Waals surface area contributed by atoms with E-state index < -0.39 is 11.8 Å². The van der Waals surface area contributed by atoms with E-state index in [0.29, 0.717) is 30.1 Å². The molecule has 4 rings (SSSR count). The van der Waals surface area contributed by atoms with Gasteiger partial charge >= 0.3 is 6.18 Å². The lowest BCUT2D eigenvalue weighted by Crippen LogP contribution is -2.55. The van der Waals surface area contributed by atoms with Crippen molar-refractivity contribution in [1.82, 2.24) is 5.32 Å². The first-order valence-corrected chi connectivity index (χ1v) is 10.6. The van der Waals surface area contributed by atoms with Gasteiger partial charge in [-0.2, -0.15) is 13.2 Å². The molecule has 0 spiro atoms. The molecular weight excluding hydrogens is 355 g/mol. The maximum atomic E-state index is 13.3. The van der Waals surface area contributed by atoms with Crippen LogP contribution in [-0.4, -0.2) is 29.8 Å². The maximum absolute atomic E-state index is 13.3. The Morgan fingerprint density at radius 1 is 1.00 bits per heavy atom. The number of fused-ring (bicyclic) bond motifs is 5. The van der Waals surface area contributed by atoms with Crippen molar-refractivity contribution in [1.29, 1.82) is 0 Å². The highest BCUT2D eigenvalue weighted by Gasteiger charge is 2.62. The molecule has 4 fully saturated rings. The number of aliphatic hydroxyl groups is 1. The van der Waals surface area contributed by atoms with Crippen molar-refractivity contribution in [2.24, 2.45) is 40.9 Å². The molecule has 6 heteroatoms. The van der Waals surface area contributed by atoms with E-state index in [1.807, 2.05) is 0 Å². The Hall–Kier alpha value is -0.780. The molecule has 0 aromatic heterocycles. The second-order valence-electron chi connectivity index (χ2n) is 10.00. The third-order valence-corrected chi connectivity index (χ3v) is 9.10. The van der Waals surface area contributed by atoms with Crippen LogP contribution >= 0.6 is 0 Å². The predicted octanol–water partition coefficient (Wildman–Crippen LogP) is 4.29. The number of carbonyl (C=O) groups is 1. The Kier molecular flexibility index (Phi) is 4.60. The molecule has 0 radical (unpaired) electrons. The normalized spacial score (nSPS) is 49.7. The standard InChI is InChI=1S/C21H32F3NO2/c1-19-9-7-14-13-8-10-20(27,21(22,23)24)11-12(13)3-4-15(14)16(19)5-6-17(19)18(26)25-2/h12-17,27H,3-11H2,1-2H3,(H,25,26)/t12-,13+,14-,15-,16+,17-,19+,20-/m1/s1. The third-order valence-electron chi connectivity index (χ3n) is 9.10. The average Bonchev–Trinajstić information content (AvgIpc) is 2.97. The fourth-order valence-electron chi connectivity index (χ4n) is 7.74. The maximum Gasteiger partial charge on any atom is 0.417 e. The van der Waals surface area contributed by atoms with Gasteiger partial charge in [0.2, 0.25) is 5.91 Å². The molecule has 154 valence electrons. The first-order chi connectivity index (χ1) is 12.6. The molecule has 3 nitrogen and oxygen atoms in total. The summed E-state index contributed by atoms with van der Waals surface area (Å²) in [6, 6.07) is 0. The van der Waals surface area contributed by atoms with Crippen molar-refractivity contribution in [2.75, 3.05) is 7.05 Å². The number of hydrogen-bond donors (Lipinski definition) is 2. The Labute approximate surface area is 159 Å². The molecule has 0 bridgehead atoms. The minimum absolute atomic E-state index is 0.00729. The van der Waals surface area contributed by atoms with Gasteiger partial charge < -0.3 is 10.4 Å². The van der Waals surface area contributed by atoms with Gasteiger partial charge in [-0.3, -0.25) is 4.79 Å². The van der Waals surface area contributed by atoms with Crippen LogP contribution in [-0.2, 0) is 4.79 Å². The van der Waals surface area contributed by atoms with Crippen molar-refractivity contribution in [3.63, 3.8) is 0 Å². The molecule has 1 amide bonds. The number of amides is 1. The molecule has 0 aliphatic heterocycles. The number of hydrogen-bond acceptors (Lipinski definition) is 2. The molecule has 0 unspecified atom stereocenters. The molecule has 4 aliphatic rings. The quantitative estimate of drug-likeness (QED) is 0.705. The van der Waals surface area contributed by atoms with Gasteiger partial charge in [0.25, 0.3) is 0 Å². The van der Waals surface area contributed by atoms with Crippen LogP contribution in [0.5, 0.6) is 0 Å². The van der Waals surface area contributed by atoms with Gasteiger partial charge in [-0.15, -0.1) is 0 Å². The van der Waals surface area contributed by atoms with Gasteiger partial charge in [0.15, 0.2) is 5.60 Å². The van der Waals surface area contributed by atoms with Crippen LogP contribution < -0.4 is 5.32 Å². The highest BCUT2D eigenvalue weighted by atomic mass is 19.4. The fraction of sp³-hybridized carbons (Fsp3) is 0.952. The summed E-state index contributed by atoms with van der Waals surface area (Å²) in [5, 5.41) is 13.0. The van der Waals surface area contributed by atoms with E-state index in [4.69, 9.17) is 0 Å². The summed E-state index contributed by atoms with van der Waals surface area (Å²) in [6.07, 6.45) is 1.49. The summed E-state index contributed by atoms with van der Waals surface area (Å²) in [6.45, 7) is 2.27. The molecular formula is C21H32F3NO2. The third kappa shape index (κ3) is 2.84. The topological polar surface area (TPSA) is 49.3 Å². The molecule has 27 heavy (non-hydrogen) atoms. The molecule has 0 aromatic carbocycles. The van der Waals surface area contributed by atoms with Gasteiger partial charge in [-0.1, -0.05) is 6.92 Å². The van der Waals surface area contributed by atoms with Gasteiger partial charge in [-0.25, -0.2) is 0 Å². The summed E-state index contributed by atoms with van der Waals surface area (Å²) in [4.78, 5) is 12.4. The average molecular weight is 387 g/mol.